The summed E-state index contributed by atoms with van der Waals surface area (Å²) in [6, 6.07) is 13.7. The maximum absolute atomic E-state index is 14.1. The third kappa shape index (κ3) is 3.68. The van der Waals surface area contributed by atoms with Gasteiger partial charge in [-0.2, -0.15) is 0 Å². The lowest BCUT2D eigenvalue weighted by Crippen LogP contribution is -2.50. The van der Waals surface area contributed by atoms with Crippen molar-refractivity contribution in [3.8, 4) is 0 Å². The summed E-state index contributed by atoms with van der Waals surface area (Å²) in [6.45, 7) is 3.18. The molecule has 2 amide bonds. The Morgan fingerprint density at radius 2 is 1.62 bits per heavy atom. The van der Waals surface area contributed by atoms with Gasteiger partial charge in [-0.1, -0.05) is 35.9 Å². The largest absolute Gasteiger partial charge is 0.335 e. The first kappa shape index (κ1) is 19.3. The topological polar surface area (TPSA) is 53.5 Å². The first-order valence-corrected chi connectivity index (χ1v) is 9.72. The highest BCUT2D eigenvalue weighted by molar-refractivity contribution is 6.33. The molecule has 148 valence electrons. The molecule has 0 N–H and O–H groups in total. The van der Waals surface area contributed by atoms with Gasteiger partial charge >= 0.3 is 0 Å². The third-order valence-corrected chi connectivity index (χ3v) is 5.49. The monoisotopic (exact) mass is 411 g/mol. The van der Waals surface area contributed by atoms with Crippen LogP contribution in [0.2, 0.25) is 5.02 Å². The lowest BCUT2D eigenvalue weighted by Gasteiger charge is -2.35. The average Bonchev–Trinajstić information content (AvgIpc) is 2.72. The van der Waals surface area contributed by atoms with Crippen LogP contribution in [0.15, 0.2) is 48.5 Å². The second kappa shape index (κ2) is 7.79. The van der Waals surface area contributed by atoms with E-state index in [0.717, 1.165) is 10.9 Å². The normalized spacial score (nSPS) is 14.3. The number of halogens is 2. The van der Waals surface area contributed by atoms with Crippen molar-refractivity contribution in [2.45, 2.75) is 6.92 Å². The zero-order valence-corrected chi connectivity index (χ0v) is 16.6. The van der Waals surface area contributed by atoms with E-state index in [4.69, 9.17) is 11.6 Å². The van der Waals surface area contributed by atoms with Crippen LogP contribution in [0.25, 0.3) is 10.9 Å². The third-order valence-electron chi connectivity index (χ3n) is 5.18. The number of para-hydroxylation sites is 1. The van der Waals surface area contributed by atoms with Crippen LogP contribution in [0.4, 0.5) is 4.39 Å². The fraction of sp³-hybridized carbons (Fsp3) is 0.227. The van der Waals surface area contributed by atoms with Crippen molar-refractivity contribution in [1.29, 1.82) is 0 Å². The number of hydrogen-bond donors (Lipinski definition) is 0. The Kier molecular flexibility index (Phi) is 5.20. The first-order chi connectivity index (χ1) is 14.0. The van der Waals surface area contributed by atoms with Gasteiger partial charge in [0.1, 0.15) is 5.82 Å². The SMILES string of the molecule is Cc1nc2ccccc2cc1C(=O)N1CCN(C(=O)c2c(F)cccc2Cl)CC1. The van der Waals surface area contributed by atoms with Gasteiger partial charge in [0.2, 0.25) is 0 Å². The van der Waals surface area contributed by atoms with E-state index in [1.807, 2.05) is 37.3 Å². The molecule has 1 fully saturated rings. The summed E-state index contributed by atoms with van der Waals surface area (Å²) in [7, 11) is 0. The number of aryl methyl sites for hydroxylation is 1. The van der Waals surface area contributed by atoms with E-state index >= 15 is 0 Å². The van der Waals surface area contributed by atoms with Gasteiger partial charge in [0.05, 0.1) is 27.4 Å². The lowest BCUT2D eigenvalue weighted by atomic mass is 10.1. The van der Waals surface area contributed by atoms with Gasteiger partial charge in [-0.05, 0) is 31.2 Å². The molecule has 1 saturated heterocycles. The molecule has 0 unspecified atom stereocenters. The van der Waals surface area contributed by atoms with Crippen molar-refractivity contribution in [3.63, 3.8) is 0 Å². The predicted molar refractivity (Wildman–Crippen MR) is 110 cm³/mol. The number of piperazine rings is 1. The fourth-order valence-electron chi connectivity index (χ4n) is 3.57. The maximum atomic E-state index is 14.1. The van der Waals surface area contributed by atoms with Gasteiger partial charge in [-0.25, -0.2) is 4.39 Å². The summed E-state index contributed by atoms with van der Waals surface area (Å²) in [5, 5.41) is 0.996. The molecule has 0 spiro atoms. The van der Waals surface area contributed by atoms with Crippen LogP contribution >= 0.6 is 11.6 Å². The van der Waals surface area contributed by atoms with Crippen molar-refractivity contribution in [3.05, 3.63) is 76.2 Å². The molecule has 5 nitrogen and oxygen atoms in total. The second-order valence-corrected chi connectivity index (χ2v) is 7.40. The molecular formula is C22H19ClFN3O2. The van der Waals surface area contributed by atoms with E-state index < -0.39 is 11.7 Å². The Morgan fingerprint density at radius 1 is 0.966 bits per heavy atom. The highest BCUT2D eigenvalue weighted by Gasteiger charge is 2.28. The van der Waals surface area contributed by atoms with Crippen molar-refractivity contribution in [2.75, 3.05) is 26.2 Å². The smallest absolute Gasteiger partial charge is 0.258 e. The minimum absolute atomic E-state index is 0.0892. The molecule has 0 atom stereocenters. The molecule has 0 aliphatic carbocycles. The Balaban J connectivity index is 1.49. The predicted octanol–water partition coefficient (Wildman–Crippen LogP) is 3.93. The van der Waals surface area contributed by atoms with Crippen molar-refractivity contribution >= 4 is 34.3 Å². The minimum Gasteiger partial charge on any atom is -0.335 e. The number of hydrogen-bond acceptors (Lipinski definition) is 3. The fourth-order valence-corrected chi connectivity index (χ4v) is 3.82. The van der Waals surface area contributed by atoms with E-state index in [1.165, 1.54) is 23.1 Å². The highest BCUT2D eigenvalue weighted by Crippen LogP contribution is 2.22. The van der Waals surface area contributed by atoms with Crippen LogP contribution in [-0.2, 0) is 0 Å². The van der Waals surface area contributed by atoms with Crippen molar-refractivity contribution in [2.24, 2.45) is 0 Å². The molecule has 7 heteroatoms. The van der Waals surface area contributed by atoms with Gasteiger partial charge in [0.15, 0.2) is 0 Å². The standard InChI is InChI=1S/C22H19ClFN3O2/c1-14-16(13-15-5-2-3-8-19(15)25-14)21(28)26-9-11-27(12-10-26)22(29)20-17(23)6-4-7-18(20)24/h2-8,13H,9-12H2,1H3. The lowest BCUT2D eigenvalue weighted by molar-refractivity contribution is 0.0532. The molecular weight excluding hydrogens is 393 g/mol. The number of amides is 2. The summed E-state index contributed by atoms with van der Waals surface area (Å²) >= 11 is 6.01. The summed E-state index contributed by atoms with van der Waals surface area (Å²) < 4.78 is 14.1. The van der Waals surface area contributed by atoms with E-state index in [0.29, 0.717) is 37.4 Å². The summed E-state index contributed by atoms with van der Waals surface area (Å²) in [5.41, 5.74) is 1.95. The number of carbonyl (C=O) groups is 2. The Morgan fingerprint density at radius 3 is 2.31 bits per heavy atom. The molecule has 0 radical (unpaired) electrons. The number of nitrogens with zero attached hydrogens (tertiary/aromatic N) is 3. The number of rotatable bonds is 2. The quantitative estimate of drug-likeness (QED) is 0.642. The van der Waals surface area contributed by atoms with Gasteiger partial charge in [0, 0.05) is 31.6 Å². The van der Waals surface area contributed by atoms with Crippen LogP contribution in [0.5, 0.6) is 0 Å². The number of pyridine rings is 1. The van der Waals surface area contributed by atoms with Gasteiger partial charge in [-0.3, -0.25) is 14.6 Å². The molecule has 2 aromatic carbocycles. The Labute approximate surface area is 172 Å². The molecule has 3 aromatic rings. The first-order valence-electron chi connectivity index (χ1n) is 9.34. The van der Waals surface area contributed by atoms with Crippen LogP contribution in [-0.4, -0.2) is 52.8 Å². The van der Waals surface area contributed by atoms with E-state index in [1.54, 1.807) is 4.90 Å². The van der Waals surface area contributed by atoms with E-state index in [-0.39, 0.29) is 16.5 Å². The minimum atomic E-state index is -0.640. The molecule has 4 rings (SSSR count). The highest BCUT2D eigenvalue weighted by atomic mass is 35.5. The zero-order valence-electron chi connectivity index (χ0n) is 15.9. The number of fused-ring (bicyclic) bond motifs is 1. The van der Waals surface area contributed by atoms with Crippen LogP contribution in [0.3, 0.4) is 0 Å². The number of aromatic nitrogens is 1. The van der Waals surface area contributed by atoms with E-state index in [2.05, 4.69) is 4.98 Å². The average molecular weight is 412 g/mol. The molecule has 1 aromatic heterocycles. The van der Waals surface area contributed by atoms with Crippen LogP contribution < -0.4 is 0 Å². The van der Waals surface area contributed by atoms with Crippen LogP contribution in [0, 0.1) is 12.7 Å². The maximum Gasteiger partial charge on any atom is 0.258 e. The molecule has 29 heavy (non-hydrogen) atoms. The Hall–Kier alpha value is -2.99. The molecule has 1 aliphatic rings. The molecule has 0 bridgehead atoms. The molecule has 1 aliphatic heterocycles. The number of carbonyl (C=O) groups excluding carboxylic acids is 2. The van der Waals surface area contributed by atoms with Crippen LogP contribution in [0.1, 0.15) is 26.4 Å². The number of benzene rings is 2. The van der Waals surface area contributed by atoms with Gasteiger partial charge in [-0.15, -0.1) is 0 Å². The zero-order chi connectivity index (χ0) is 20.5. The van der Waals surface area contributed by atoms with Gasteiger partial charge < -0.3 is 9.80 Å². The summed E-state index contributed by atoms with van der Waals surface area (Å²) in [6.07, 6.45) is 0. The molecule has 2 heterocycles. The second-order valence-electron chi connectivity index (χ2n) is 7.00. The van der Waals surface area contributed by atoms with Crippen molar-refractivity contribution < 1.29 is 14.0 Å². The van der Waals surface area contributed by atoms with Crippen molar-refractivity contribution in [1.82, 2.24) is 14.8 Å². The van der Waals surface area contributed by atoms with Gasteiger partial charge in [0.25, 0.3) is 11.8 Å². The summed E-state index contributed by atoms with van der Waals surface area (Å²) in [5.74, 6) is -1.21. The Bertz CT molecular complexity index is 1090. The van der Waals surface area contributed by atoms with E-state index in [9.17, 15) is 14.0 Å². The molecule has 0 saturated carbocycles. The summed E-state index contributed by atoms with van der Waals surface area (Å²) in [4.78, 5) is 33.4.